The van der Waals surface area contributed by atoms with Crippen LogP contribution in [0.3, 0.4) is 0 Å². The van der Waals surface area contributed by atoms with Gasteiger partial charge >= 0.3 is 0 Å². The highest BCUT2D eigenvalue weighted by molar-refractivity contribution is 9.10. The Bertz CT molecular complexity index is 597. The average molecular weight is 336 g/mol. The zero-order valence-corrected chi connectivity index (χ0v) is 13.1. The summed E-state index contributed by atoms with van der Waals surface area (Å²) in [6.07, 6.45) is 6.00. The first-order valence-corrected chi connectivity index (χ1v) is 7.65. The van der Waals surface area contributed by atoms with Crippen LogP contribution in [0, 0.1) is 0 Å². The molecule has 4 nitrogen and oxygen atoms in total. The second-order valence-corrected chi connectivity index (χ2v) is 6.01. The van der Waals surface area contributed by atoms with E-state index in [0.717, 1.165) is 36.2 Å². The van der Waals surface area contributed by atoms with Crippen molar-refractivity contribution in [1.29, 1.82) is 0 Å². The molecule has 1 N–H and O–H groups in total. The number of ether oxygens (including phenoxy) is 1. The van der Waals surface area contributed by atoms with Crippen LogP contribution in [0.2, 0.25) is 0 Å². The molecule has 20 heavy (non-hydrogen) atoms. The molecule has 1 aromatic carbocycles. The van der Waals surface area contributed by atoms with Crippen LogP contribution < -0.4 is 10.1 Å². The molecule has 0 saturated heterocycles. The normalized spacial score (nSPS) is 17.6. The van der Waals surface area contributed by atoms with Gasteiger partial charge in [-0.15, -0.1) is 0 Å². The van der Waals surface area contributed by atoms with Crippen LogP contribution in [-0.4, -0.2) is 22.9 Å². The van der Waals surface area contributed by atoms with Crippen molar-refractivity contribution in [2.75, 3.05) is 13.2 Å². The van der Waals surface area contributed by atoms with Gasteiger partial charge in [0.25, 0.3) is 0 Å². The summed E-state index contributed by atoms with van der Waals surface area (Å²) in [6.45, 7) is 1.72. The van der Waals surface area contributed by atoms with E-state index in [9.17, 15) is 0 Å². The van der Waals surface area contributed by atoms with Gasteiger partial charge in [-0.3, -0.25) is 4.68 Å². The molecule has 0 bridgehead atoms. The van der Waals surface area contributed by atoms with E-state index in [1.165, 1.54) is 11.1 Å². The average Bonchev–Trinajstić information content (AvgIpc) is 2.85. The van der Waals surface area contributed by atoms with Crippen LogP contribution in [0.5, 0.6) is 5.75 Å². The van der Waals surface area contributed by atoms with Gasteiger partial charge < -0.3 is 10.1 Å². The first-order chi connectivity index (χ1) is 9.72. The van der Waals surface area contributed by atoms with E-state index in [-0.39, 0.29) is 0 Å². The van der Waals surface area contributed by atoms with Crippen LogP contribution in [0.15, 0.2) is 35.1 Å². The van der Waals surface area contributed by atoms with E-state index in [1.54, 1.807) is 0 Å². The third-order valence-corrected chi connectivity index (χ3v) is 4.07. The number of fused-ring (bicyclic) bond motifs is 1. The summed E-state index contributed by atoms with van der Waals surface area (Å²) in [5.41, 5.74) is 2.51. The Kier molecular flexibility index (Phi) is 4.08. The monoisotopic (exact) mass is 335 g/mol. The number of hydrogen-bond acceptors (Lipinski definition) is 3. The van der Waals surface area contributed by atoms with Crippen molar-refractivity contribution >= 4 is 15.9 Å². The Morgan fingerprint density at radius 2 is 2.40 bits per heavy atom. The van der Waals surface area contributed by atoms with Crippen molar-refractivity contribution in [1.82, 2.24) is 15.1 Å². The fourth-order valence-electron chi connectivity index (χ4n) is 2.57. The summed E-state index contributed by atoms with van der Waals surface area (Å²) >= 11 is 3.53. The fraction of sp³-hybridized carbons (Fsp3) is 0.400. The molecule has 1 aromatic heterocycles. The highest BCUT2D eigenvalue weighted by atomic mass is 79.9. The molecule has 0 radical (unpaired) electrons. The summed E-state index contributed by atoms with van der Waals surface area (Å²) in [5.74, 6) is 0.998. The topological polar surface area (TPSA) is 39.1 Å². The summed E-state index contributed by atoms with van der Waals surface area (Å²) in [4.78, 5) is 0. The van der Waals surface area contributed by atoms with Crippen molar-refractivity contribution < 1.29 is 4.74 Å². The van der Waals surface area contributed by atoms with Gasteiger partial charge in [-0.05, 0) is 36.7 Å². The fourth-order valence-corrected chi connectivity index (χ4v) is 2.95. The molecule has 5 heteroatoms. The SMILES string of the molecule is Cn1cc(CCNC2CCOc3ccc(Br)cc32)cn1. The van der Waals surface area contributed by atoms with Gasteiger partial charge in [0, 0.05) is 35.7 Å². The molecule has 1 aliphatic heterocycles. The molecule has 0 aliphatic carbocycles. The van der Waals surface area contributed by atoms with Gasteiger partial charge in [-0.25, -0.2) is 0 Å². The van der Waals surface area contributed by atoms with E-state index in [4.69, 9.17) is 4.74 Å². The van der Waals surface area contributed by atoms with Crippen molar-refractivity contribution in [2.45, 2.75) is 18.9 Å². The van der Waals surface area contributed by atoms with Crippen LogP contribution in [0.4, 0.5) is 0 Å². The maximum atomic E-state index is 5.70. The van der Waals surface area contributed by atoms with Gasteiger partial charge in [0.05, 0.1) is 12.8 Å². The Balaban J connectivity index is 1.63. The molecule has 0 fully saturated rings. The molecule has 2 aromatic rings. The van der Waals surface area contributed by atoms with Crippen LogP contribution >= 0.6 is 15.9 Å². The highest BCUT2D eigenvalue weighted by Crippen LogP contribution is 2.33. The van der Waals surface area contributed by atoms with Crippen molar-refractivity contribution in [3.8, 4) is 5.75 Å². The zero-order valence-electron chi connectivity index (χ0n) is 11.5. The van der Waals surface area contributed by atoms with Crippen molar-refractivity contribution in [2.24, 2.45) is 7.05 Å². The molecule has 1 unspecified atom stereocenters. The molecular formula is C15H18BrN3O. The quantitative estimate of drug-likeness (QED) is 0.933. The number of nitrogens with zero attached hydrogens (tertiary/aromatic N) is 2. The highest BCUT2D eigenvalue weighted by Gasteiger charge is 2.20. The molecule has 0 amide bonds. The molecule has 0 spiro atoms. The second kappa shape index (κ2) is 5.97. The number of hydrogen-bond donors (Lipinski definition) is 1. The number of rotatable bonds is 4. The number of aryl methyl sites for hydroxylation is 1. The largest absolute Gasteiger partial charge is 0.493 e. The lowest BCUT2D eigenvalue weighted by Crippen LogP contribution is -2.28. The third-order valence-electron chi connectivity index (χ3n) is 3.57. The van der Waals surface area contributed by atoms with Crippen LogP contribution in [0.25, 0.3) is 0 Å². The van der Waals surface area contributed by atoms with Gasteiger partial charge in [-0.1, -0.05) is 15.9 Å². The summed E-state index contributed by atoms with van der Waals surface area (Å²) < 4.78 is 8.64. The third kappa shape index (κ3) is 3.04. The van der Waals surface area contributed by atoms with Crippen LogP contribution in [-0.2, 0) is 13.5 Å². The number of nitrogens with one attached hydrogen (secondary N) is 1. The van der Waals surface area contributed by atoms with E-state index >= 15 is 0 Å². The molecule has 3 rings (SSSR count). The standard InChI is InChI=1S/C15H18BrN3O/c1-19-10-11(9-18-19)4-6-17-14-5-7-20-15-3-2-12(16)8-13(14)15/h2-3,8-10,14,17H,4-7H2,1H3. The summed E-state index contributed by atoms with van der Waals surface area (Å²) in [5, 5.41) is 7.82. The molecule has 1 aliphatic rings. The second-order valence-electron chi connectivity index (χ2n) is 5.10. The van der Waals surface area contributed by atoms with E-state index in [1.807, 2.05) is 30.1 Å². The number of benzene rings is 1. The molecule has 106 valence electrons. The Hall–Kier alpha value is -1.33. The van der Waals surface area contributed by atoms with E-state index in [2.05, 4.69) is 38.6 Å². The lowest BCUT2D eigenvalue weighted by atomic mass is 10.0. The summed E-state index contributed by atoms with van der Waals surface area (Å²) in [6, 6.07) is 6.58. The Morgan fingerprint density at radius 3 is 3.20 bits per heavy atom. The predicted octanol–water partition coefficient (Wildman–Crippen LogP) is 2.84. The lowest BCUT2D eigenvalue weighted by Gasteiger charge is -2.27. The number of halogens is 1. The maximum Gasteiger partial charge on any atom is 0.124 e. The predicted molar refractivity (Wildman–Crippen MR) is 81.9 cm³/mol. The summed E-state index contributed by atoms with van der Waals surface area (Å²) in [7, 11) is 1.95. The minimum Gasteiger partial charge on any atom is -0.493 e. The zero-order chi connectivity index (χ0) is 13.9. The number of aromatic nitrogens is 2. The minimum absolute atomic E-state index is 0.368. The smallest absolute Gasteiger partial charge is 0.124 e. The molecule has 0 saturated carbocycles. The lowest BCUT2D eigenvalue weighted by molar-refractivity contribution is 0.253. The van der Waals surface area contributed by atoms with Crippen molar-refractivity contribution in [3.05, 3.63) is 46.2 Å². The van der Waals surface area contributed by atoms with Gasteiger partial charge in [0.1, 0.15) is 5.75 Å². The van der Waals surface area contributed by atoms with E-state index in [0.29, 0.717) is 6.04 Å². The first-order valence-electron chi connectivity index (χ1n) is 6.85. The van der Waals surface area contributed by atoms with E-state index < -0.39 is 0 Å². The van der Waals surface area contributed by atoms with Gasteiger partial charge in [0.2, 0.25) is 0 Å². The molecule has 2 heterocycles. The Labute approximate surface area is 127 Å². The Morgan fingerprint density at radius 1 is 1.50 bits per heavy atom. The minimum atomic E-state index is 0.368. The first kappa shape index (κ1) is 13.6. The maximum absolute atomic E-state index is 5.70. The van der Waals surface area contributed by atoms with Gasteiger partial charge in [-0.2, -0.15) is 5.10 Å². The van der Waals surface area contributed by atoms with Crippen molar-refractivity contribution in [3.63, 3.8) is 0 Å². The molecule has 1 atom stereocenters. The molecular weight excluding hydrogens is 318 g/mol. The van der Waals surface area contributed by atoms with Crippen LogP contribution in [0.1, 0.15) is 23.6 Å². The van der Waals surface area contributed by atoms with Gasteiger partial charge in [0.15, 0.2) is 0 Å².